The van der Waals surface area contributed by atoms with Crippen LogP contribution in [0.25, 0.3) is 0 Å². The van der Waals surface area contributed by atoms with E-state index in [1.807, 2.05) is 0 Å². The Morgan fingerprint density at radius 2 is 1.80 bits per heavy atom. The average molecular weight is 316 g/mol. The molecule has 1 aromatic rings. The maximum absolute atomic E-state index is 12.3. The van der Waals surface area contributed by atoms with E-state index in [1.54, 1.807) is 36.1 Å². The molecule has 0 aliphatic carbocycles. The van der Waals surface area contributed by atoms with Gasteiger partial charge in [-0.3, -0.25) is 4.79 Å². The van der Waals surface area contributed by atoms with Gasteiger partial charge in [0.05, 0.1) is 5.25 Å². The standard InChI is InChI=1S/C14H18ClNO3S/c1-2-20(18,19)13-7-9-16(10-8-13)14(17)11-3-5-12(15)6-4-11/h3-6,13H,2,7-10H2,1H3. The number of nitrogens with zero attached hydrogens (tertiary/aromatic N) is 1. The third kappa shape index (κ3) is 3.33. The van der Waals surface area contributed by atoms with Crippen LogP contribution >= 0.6 is 11.6 Å². The van der Waals surface area contributed by atoms with Crippen molar-refractivity contribution in [2.75, 3.05) is 18.8 Å². The lowest BCUT2D eigenvalue weighted by Crippen LogP contribution is -2.42. The third-order valence-corrected chi connectivity index (χ3v) is 6.27. The predicted octanol–water partition coefficient (Wildman–Crippen LogP) is 2.38. The van der Waals surface area contributed by atoms with Crippen LogP contribution in [0.1, 0.15) is 30.1 Å². The monoisotopic (exact) mass is 315 g/mol. The summed E-state index contributed by atoms with van der Waals surface area (Å²) < 4.78 is 23.6. The van der Waals surface area contributed by atoms with Crippen LogP contribution in [-0.4, -0.2) is 43.3 Å². The van der Waals surface area contributed by atoms with Crippen LogP contribution in [0.5, 0.6) is 0 Å². The molecule has 6 heteroatoms. The minimum absolute atomic E-state index is 0.0611. The second-order valence-electron chi connectivity index (χ2n) is 4.95. The molecule has 4 nitrogen and oxygen atoms in total. The fourth-order valence-corrected chi connectivity index (χ4v) is 3.96. The first-order valence-electron chi connectivity index (χ1n) is 6.70. The lowest BCUT2D eigenvalue weighted by Gasteiger charge is -2.31. The normalized spacial score (nSPS) is 17.2. The minimum atomic E-state index is -3.00. The van der Waals surface area contributed by atoms with E-state index in [9.17, 15) is 13.2 Å². The van der Waals surface area contributed by atoms with Gasteiger partial charge in [-0.2, -0.15) is 0 Å². The Balaban J connectivity index is 2.00. The fraction of sp³-hybridized carbons (Fsp3) is 0.500. The highest BCUT2D eigenvalue weighted by molar-refractivity contribution is 7.92. The molecule has 1 amide bonds. The van der Waals surface area contributed by atoms with Gasteiger partial charge in [0, 0.05) is 29.4 Å². The van der Waals surface area contributed by atoms with Gasteiger partial charge in [0.1, 0.15) is 0 Å². The van der Waals surface area contributed by atoms with Crippen molar-refractivity contribution in [1.82, 2.24) is 4.90 Å². The molecule has 1 heterocycles. The van der Waals surface area contributed by atoms with Crippen LogP contribution in [0.3, 0.4) is 0 Å². The van der Waals surface area contributed by atoms with E-state index in [2.05, 4.69) is 0 Å². The van der Waals surface area contributed by atoms with Crippen LogP contribution in [0.2, 0.25) is 5.02 Å². The van der Waals surface area contributed by atoms with Crippen LogP contribution in [0.15, 0.2) is 24.3 Å². The van der Waals surface area contributed by atoms with Crippen molar-refractivity contribution in [3.05, 3.63) is 34.9 Å². The number of piperidine rings is 1. The highest BCUT2D eigenvalue weighted by Gasteiger charge is 2.30. The molecule has 1 aromatic carbocycles. The van der Waals surface area contributed by atoms with Crippen molar-refractivity contribution >= 4 is 27.3 Å². The van der Waals surface area contributed by atoms with Gasteiger partial charge in [-0.05, 0) is 37.1 Å². The van der Waals surface area contributed by atoms with Gasteiger partial charge >= 0.3 is 0 Å². The molecule has 0 bridgehead atoms. The smallest absolute Gasteiger partial charge is 0.253 e. The maximum Gasteiger partial charge on any atom is 0.253 e. The molecule has 0 spiro atoms. The van der Waals surface area contributed by atoms with Crippen LogP contribution in [-0.2, 0) is 9.84 Å². The number of benzene rings is 1. The summed E-state index contributed by atoms with van der Waals surface area (Å²) in [7, 11) is -3.00. The summed E-state index contributed by atoms with van der Waals surface area (Å²) in [5, 5.41) is 0.288. The topological polar surface area (TPSA) is 54.5 Å². The number of hydrogen-bond donors (Lipinski definition) is 0. The second-order valence-corrected chi connectivity index (χ2v) is 7.96. The Morgan fingerprint density at radius 3 is 2.30 bits per heavy atom. The number of likely N-dealkylation sites (tertiary alicyclic amines) is 1. The van der Waals surface area contributed by atoms with Crippen molar-refractivity contribution in [3.8, 4) is 0 Å². The van der Waals surface area contributed by atoms with E-state index in [0.29, 0.717) is 36.5 Å². The molecule has 1 aliphatic rings. The SMILES string of the molecule is CCS(=O)(=O)C1CCN(C(=O)c2ccc(Cl)cc2)CC1. The van der Waals surface area contributed by atoms with Crippen molar-refractivity contribution < 1.29 is 13.2 Å². The lowest BCUT2D eigenvalue weighted by atomic mass is 10.1. The Kier molecular flexibility index (Phi) is 4.70. The molecule has 0 aromatic heterocycles. The van der Waals surface area contributed by atoms with Crippen LogP contribution < -0.4 is 0 Å². The summed E-state index contributed by atoms with van der Waals surface area (Å²) in [4.78, 5) is 14.0. The first kappa shape index (κ1) is 15.3. The summed E-state index contributed by atoms with van der Waals surface area (Å²) in [5.41, 5.74) is 0.589. The zero-order valence-electron chi connectivity index (χ0n) is 11.4. The van der Waals surface area contributed by atoms with Gasteiger partial charge in [-0.1, -0.05) is 18.5 Å². The van der Waals surface area contributed by atoms with Crippen molar-refractivity contribution in [3.63, 3.8) is 0 Å². The quantitative estimate of drug-likeness (QED) is 0.860. The van der Waals surface area contributed by atoms with Gasteiger partial charge in [0.15, 0.2) is 9.84 Å². The Bertz CT molecular complexity index is 575. The summed E-state index contributed by atoms with van der Waals surface area (Å²) in [6.45, 7) is 2.65. The highest BCUT2D eigenvalue weighted by Crippen LogP contribution is 2.20. The molecule has 110 valence electrons. The number of rotatable bonds is 3. The van der Waals surface area contributed by atoms with E-state index in [-0.39, 0.29) is 16.9 Å². The van der Waals surface area contributed by atoms with E-state index >= 15 is 0 Å². The van der Waals surface area contributed by atoms with Crippen molar-refractivity contribution in [1.29, 1.82) is 0 Å². The van der Waals surface area contributed by atoms with Crippen LogP contribution in [0, 0.1) is 0 Å². The number of sulfone groups is 1. The second kappa shape index (κ2) is 6.14. The first-order valence-corrected chi connectivity index (χ1v) is 8.80. The predicted molar refractivity (Wildman–Crippen MR) is 79.8 cm³/mol. The molecule has 1 fully saturated rings. The van der Waals surface area contributed by atoms with E-state index < -0.39 is 9.84 Å². The molecule has 1 aliphatic heterocycles. The number of hydrogen-bond acceptors (Lipinski definition) is 3. The molecular formula is C14H18ClNO3S. The molecule has 1 saturated heterocycles. The molecule has 2 rings (SSSR count). The Hall–Kier alpha value is -1.07. The van der Waals surface area contributed by atoms with Gasteiger partial charge in [-0.25, -0.2) is 8.42 Å². The minimum Gasteiger partial charge on any atom is -0.339 e. The van der Waals surface area contributed by atoms with Crippen molar-refractivity contribution in [2.24, 2.45) is 0 Å². The Labute approximate surface area is 124 Å². The zero-order valence-corrected chi connectivity index (χ0v) is 13.0. The summed E-state index contributed by atoms with van der Waals surface area (Å²) in [6.07, 6.45) is 1.05. The summed E-state index contributed by atoms with van der Waals surface area (Å²) in [6, 6.07) is 6.76. The largest absolute Gasteiger partial charge is 0.339 e. The van der Waals surface area contributed by atoms with Gasteiger partial charge in [0.2, 0.25) is 0 Å². The third-order valence-electron chi connectivity index (χ3n) is 3.73. The molecule has 0 saturated carbocycles. The molecule has 0 atom stereocenters. The van der Waals surface area contributed by atoms with Crippen LogP contribution in [0.4, 0.5) is 0 Å². The molecule has 20 heavy (non-hydrogen) atoms. The average Bonchev–Trinajstić information content (AvgIpc) is 2.47. The van der Waals surface area contributed by atoms with Crippen molar-refractivity contribution in [2.45, 2.75) is 25.0 Å². The maximum atomic E-state index is 12.3. The van der Waals surface area contributed by atoms with E-state index in [0.717, 1.165) is 0 Å². The number of carbonyl (C=O) groups is 1. The van der Waals surface area contributed by atoms with Gasteiger partial charge in [0.25, 0.3) is 5.91 Å². The summed E-state index contributed by atoms with van der Waals surface area (Å²) >= 11 is 5.80. The molecule has 0 N–H and O–H groups in total. The number of halogens is 1. The van der Waals surface area contributed by atoms with Gasteiger partial charge in [-0.15, -0.1) is 0 Å². The number of amides is 1. The van der Waals surface area contributed by atoms with Gasteiger partial charge < -0.3 is 4.90 Å². The fourth-order valence-electron chi connectivity index (χ4n) is 2.43. The molecular weight excluding hydrogens is 298 g/mol. The first-order chi connectivity index (χ1) is 9.44. The van der Waals surface area contributed by atoms with E-state index in [4.69, 9.17) is 11.6 Å². The zero-order chi connectivity index (χ0) is 14.8. The molecule has 0 radical (unpaired) electrons. The number of carbonyl (C=O) groups excluding carboxylic acids is 1. The van der Waals surface area contributed by atoms with E-state index in [1.165, 1.54) is 0 Å². The lowest BCUT2D eigenvalue weighted by molar-refractivity contribution is 0.0725. The molecule has 0 unspecified atom stereocenters. The Morgan fingerprint density at radius 1 is 1.25 bits per heavy atom. The summed E-state index contributed by atoms with van der Waals surface area (Å²) in [5.74, 6) is 0.108. The highest BCUT2D eigenvalue weighted by atomic mass is 35.5.